The van der Waals surface area contributed by atoms with Crippen molar-refractivity contribution in [1.29, 1.82) is 0 Å². The van der Waals surface area contributed by atoms with Crippen molar-refractivity contribution >= 4 is 17.0 Å². The Morgan fingerprint density at radius 2 is 2.10 bits per heavy atom. The van der Waals surface area contributed by atoms with Gasteiger partial charge in [-0.2, -0.15) is 0 Å². The van der Waals surface area contributed by atoms with Crippen LogP contribution in [0.15, 0.2) is 41.9 Å². The van der Waals surface area contributed by atoms with Crippen LogP contribution in [-0.2, 0) is 6.54 Å². The minimum absolute atomic E-state index is 0.353. The third kappa shape index (κ3) is 2.59. The molecule has 3 rings (SSSR count). The fourth-order valence-electron chi connectivity index (χ4n) is 2.35. The Hall–Kier alpha value is -1.72. The molecule has 3 heterocycles. The van der Waals surface area contributed by atoms with Crippen molar-refractivity contribution in [1.82, 2.24) is 19.9 Å². The summed E-state index contributed by atoms with van der Waals surface area (Å²) in [5.74, 6) is 1.48. The highest BCUT2D eigenvalue weighted by Gasteiger charge is 2.17. The third-order valence-corrected chi connectivity index (χ3v) is 4.34. The number of fused-ring (bicyclic) bond motifs is 1. The van der Waals surface area contributed by atoms with Crippen LogP contribution >= 0.6 is 11.3 Å². The topological polar surface area (TPSA) is 42.2 Å². The summed E-state index contributed by atoms with van der Waals surface area (Å²) in [6, 6.07) is 10.6. The molecule has 4 nitrogen and oxygen atoms in total. The van der Waals surface area contributed by atoms with Gasteiger partial charge in [0.05, 0.1) is 6.54 Å². The Kier molecular flexibility index (Phi) is 3.80. The molecule has 1 unspecified atom stereocenters. The molecule has 0 bridgehead atoms. The second-order valence-electron chi connectivity index (χ2n) is 5.16. The number of hydrogen-bond donors (Lipinski definition) is 1. The molecule has 20 heavy (non-hydrogen) atoms. The quantitative estimate of drug-likeness (QED) is 0.782. The predicted molar refractivity (Wildman–Crippen MR) is 81.7 cm³/mol. The summed E-state index contributed by atoms with van der Waals surface area (Å²) in [7, 11) is 0. The van der Waals surface area contributed by atoms with Gasteiger partial charge in [0.25, 0.3) is 0 Å². The predicted octanol–water partition coefficient (Wildman–Crippen LogP) is 3.28. The van der Waals surface area contributed by atoms with Gasteiger partial charge in [-0.3, -0.25) is 4.40 Å². The van der Waals surface area contributed by atoms with Crippen LogP contribution in [0.4, 0.5) is 0 Å². The van der Waals surface area contributed by atoms with Crippen molar-refractivity contribution in [3.8, 4) is 0 Å². The Morgan fingerprint density at radius 3 is 2.85 bits per heavy atom. The molecule has 0 aliphatic rings. The molecule has 1 atom stereocenters. The van der Waals surface area contributed by atoms with E-state index in [9.17, 15) is 0 Å². The average Bonchev–Trinajstić information content (AvgIpc) is 3.09. The molecule has 3 aromatic heterocycles. The van der Waals surface area contributed by atoms with E-state index in [2.05, 4.69) is 46.9 Å². The van der Waals surface area contributed by atoms with Gasteiger partial charge in [-0.1, -0.05) is 26.0 Å². The van der Waals surface area contributed by atoms with Crippen LogP contribution in [0, 0.1) is 5.92 Å². The van der Waals surface area contributed by atoms with Gasteiger partial charge < -0.3 is 5.32 Å². The molecule has 0 saturated heterocycles. The van der Waals surface area contributed by atoms with Crippen LogP contribution in [0.2, 0.25) is 0 Å². The Balaban J connectivity index is 1.78. The van der Waals surface area contributed by atoms with Crippen molar-refractivity contribution in [2.75, 3.05) is 0 Å². The maximum atomic E-state index is 4.26. The summed E-state index contributed by atoms with van der Waals surface area (Å²) in [4.78, 5) is 1.37. The van der Waals surface area contributed by atoms with E-state index in [4.69, 9.17) is 0 Å². The largest absolute Gasteiger partial charge is 0.302 e. The van der Waals surface area contributed by atoms with Crippen molar-refractivity contribution < 1.29 is 0 Å². The molecule has 0 aromatic carbocycles. The molecular formula is C15H18N4S. The molecule has 0 spiro atoms. The first kappa shape index (κ1) is 13.3. The fourth-order valence-corrected chi connectivity index (χ4v) is 3.32. The van der Waals surface area contributed by atoms with E-state index in [0.29, 0.717) is 18.5 Å². The molecule has 0 aliphatic carbocycles. The zero-order valence-electron chi connectivity index (χ0n) is 11.7. The van der Waals surface area contributed by atoms with E-state index in [1.807, 2.05) is 28.8 Å². The van der Waals surface area contributed by atoms with Crippen LogP contribution in [0.25, 0.3) is 5.65 Å². The fraction of sp³-hybridized carbons (Fsp3) is 0.333. The standard InChI is InChI=1S/C15H18N4S/c1-11(2)15(12-6-5-9-20-12)16-10-14-18-17-13-7-3-4-8-19(13)14/h3-9,11,15-16H,10H2,1-2H3. The number of pyridine rings is 1. The lowest BCUT2D eigenvalue weighted by Crippen LogP contribution is -2.25. The molecule has 3 aromatic rings. The van der Waals surface area contributed by atoms with Gasteiger partial charge in [-0.25, -0.2) is 0 Å². The summed E-state index contributed by atoms with van der Waals surface area (Å²) < 4.78 is 2.03. The van der Waals surface area contributed by atoms with Crippen LogP contribution < -0.4 is 5.32 Å². The van der Waals surface area contributed by atoms with Gasteiger partial charge in [0.15, 0.2) is 11.5 Å². The number of nitrogens with zero attached hydrogens (tertiary/aromatic N) is 3. The molecule has 1 N–H and O–H groups in total. The first-order chi connectivity index (χ1) is 9.75. The van der Waals surface area contributed by atoms with E-state index in [0.717, 1.165) is 11.5 Å². The minimum atomic E-state index is 0.353. The number of hydrogen-bond acceptors (Lipinski definition) is 4. The SMILES string of the molecule is CC(C)C(NCc1nnc2ccccn12)c1cccs1. The van der Waals surface area contributed by atoms with E-state index in [-0.39, 0.29) is 0 Å². The summed E-state index contributed by atoms with van der Waals surface area (Å²) in [6.45, 7) is 5.19. The van der Waals surface area contributed by atoms with Crippen molar-refractivity contribution in [2.24, 2.45) is 5.92 Å². The van der Waals surface area contributed by atoms with Crippen LogP contribution in [0.5, 0.6) is 0 Å². The zero-order valence-corrected chi connectivity index (χ0v) is 12.5. The molecule has 0 radical (unpaired) electrons. The number of aromatic nitrogens is 3. The smallest absolute Gasteiger partial charge is 0.160 e. The summed E-state index contributed by atoms with van der Waals surface area (Å²) in [6.07, 6.45) is 2.00. The van der Waals surface area contributed by atoms with Gasteiger partial charge in [0.2, 0.25) is 0 Å². The lowest BCUT2D eigenvalue weighted by Gasteiger charge is -2.20. The molecule has 104 valence electrons. The third-order valence-electron chi connectivity index (χ3n) is 3.38. The molecule has 0 aliphatic heterocycles. The first-order valence-electron chi connectivity index (χ1n) is 6.81. The monoisotopic (exact) mass is 286 g/mol. The van der Waals surface area contributed by atoms with Crippen LogP contribution in [0.1, 0.15) is 30.6 Å². The van der Waals surface area contributed by atoms with Crippen molar-refractivity contribution in [3.05, 3.63) is 52.6 Å². The average molecular weight is 286 g/mol. The normalized spacial score (nSPS) is 13.2. The van der Waals surface area contributed by atoms with Gasteiger partial charge in [0, 0.05) is 17.1 Å². The zero-order chi connectivity index (χ0) is 13.9. The van der Waals surface area contributed by atoms with E-state index >= 15 is 0 Å². The van der Waals surface area contributed by atoms with Crippen molar-refractivity contribution in [3.63, 3.8) is 0 Å². The van der Waals surface area contributed by atoms with Gasteiger partial charge in [-0.05, 0) is 29.5 Å². The molecular weight excluding hydrogens is 268 g/mol. The summed E-state index contributed by atoms with van der Waals surface area (Å²) >= 11 is 1.79. The number of thiophene rings is 1. The maximum Gasteiger partial charge on any atom is 0.160 e. The van der Waals surface area contributed by atoms with E-state index in [1.54, 1.807) is 11.3 Å². The highest BCUT2D eigenvalue weighted by atomic mass is 32.1. The molecule has 0 fully saturated rings. The number of rotatable bonds is 5. The molecule has 0 amide bonds. The second-order valence-corrected chi connectivity index (χ2v) is 6.14. The first-order valence-corrected chi connectivity index (χ1v) is 7.69. The van der Waals surface area contributed by atoms with Gasteiger partial charge >= 0.3 is 0 Å². The highest BCUT2D eigenvalue weighted by molar-refractivity contribution is 7.10. The molecule has 5 heteroatoms. The van der Waals surface area contributed by atoms with Crippen molar-refractivity contribution in [2.45, 2.75) is 26.4 Å². The Morgan fingerprint density at radius 1 is 1.20 bits per heavy atom. The number of nitrogens with one attached hydrogen (secondary N) is 1. The van der Waals surface area contributed by atoms with Gasteiger partial charge in [-0.15, -0.1) is 21.5 Å². The highest BCUT2D eigenvalue weighted by Crippen LogP contribution is 2.26. The Labute approximate surface area is 122 Å². The lowest BCUT2D eigenvalue weighted by molar-refractivity contribution is 0.411. The van der Waals surface area contributed by atoms with E-state index in [1.165, 1.54) is 4.88 Å². The second kappa shape index (κ2) is 5.73. The maximum absolute atomic E-state index is 4.26. The summed E-state index contributed by atoms with van der Waals surface area (Å²) in [5, 5.41) is 14.2. The van der Waals surface area contributed by atoms with Gasteiger partial charge in [0.1, 0.15) is 0 Å². The van der Waals surface area contributed by atoms with Crippen LogP contribution in [-0.4, -0.2) is 14.6 Å². The Bertz CT molecular complexity index is 672. The van der Waals surface area contributed by atoms with Crippen LogP contribution in [0.3, 0.4) is 0 Å². The summed E-state index contributed by atoms with van der Waals surface area (Å²) in [5.41, 5.74) is 0.890. The molecule has 0 saturated carbocycles. The van der Waals surface area contributed by atoms with E-state index < -0.39 is 0 Å². The minimum Gasteiger partial charge on any atom is -0.302 e. The lowest BCUT2D eigenvalue weighted by atomic mass is 10.0.